The first-order valence-electron chi connectivity index (χ1n) is 13.6. The molecule has 0 aromatic heterocycles. The summed E-state index contributed by atoms with van der Waals surface area (Å²) in [6.07, 6.45) is 12.6. The van der Waals surface area contributed by atoms with E-state index in [-0.39, 0.29) is 0 Å². The van der Waals surface area contributed by atoms with Crippen LogP contribution < -0.4 is 0 Å². The summed E-state index contributed by atoms with van der Waals surface area (Å²) >= 11 is 0. The molecule has 0 bridgehead atoms. The summed E-state index contributed by atoms with van der Waals surface area (Å²) in [6.45, 7) is 23.7. The van der Waals surface area contributed by atoms with Crippen molar-refractivity contribution in [3.63, 3.8) is 0 Å². The van der Waals surface area contributed by atoms with Gasteiger partial charge in [0.2, 0.25) is 0 Å². The molecule has 0 heterocycles. The Kier molecular flexibility index (Phi) is 13.1. The summed E-state index contributed by atoms with van der Waals surface area (Å²) in [5.41, 5.74) is 8.27. The van der Waals surface area contributed by atoms with Gasteiger partial charge in [-0.05, 0) is 128 Å². The van der Waals surface area contributed by atoms with Crippen LogP contribution in [0.3, 0.4) is 0 Å². The molecule has 0 fully saturated rings. The van der Waals surface area contributed by atoms with Crippen molar-refractivity contribution < 1.29 is 0 Å². The van der Waals surface area contributed by atoms with E-state index in [2.05, 4.69) is 75.3 Å². The molecule has 1 rings (SSSR count). The molecule has 0 atom stereocenters. The van der Waals surface area contributed by atoms with Gasteiger partial charge in [0.15, 0.2) is 0 Å². The molecule has 0 N–H and O–H groups in total. The maximum Gasteiger partial charge on any atom is -0.0108 e. The van der Waals surface area contributed by atoms with Crippen molar-refractivity contribution in [3.8, 4) is 0 Å². The van der Waals surface area contributed by atoms with Crippen LogP contribution in [0.2, 0.25) is 0 Å². The van der Waals surface area contributed by atoms with Crippen molar-refractivity contribution in [2.75, 3.05) is 0 Å². The Hall–Kier alpha value is -0.780. The van der Waals surface area contributed by atoms with E-state index in [0.717, 1.165) is 29.6 Å². The van der Waals surface area contributed by atoms with E-state index in [4.69, 9.17) is 0 Å². The monoisotopic (exact) mass is 427 g/mol. The van der Waals surface area contributed by atoms with Crippen LogP contribution in [0, 0.1) is 35.7 Å². The Morgan fingerprint density at radius 2 is 0.645 bits per heavy atom. The lowest BCUT2D eigenvalue weighted by Gasteiger charge is -2.25. The van der Waals surface area contributed by atoms with Crippen LogP contribution in [0.15, 0.2) is 0 Å². The summed E-state index contributed by atoms with van der Waals surface area (Å²) in [6, 6.07) is 4.07. The molecule has 1 aromatic carbocycles. The van der Waals surface area contributed by atoms with Crippen LogP contribution in [-0.2, 0) is 32.1 Å². The van der Waals surface area contributed by atoms with E-state index in [0.29, 0.717) is 0 Å². The molecule has 1 aromatic rings. The second kappa shape index (κ2) is 14.4. The van der Waals surface area contributed by atoms with Crippen molar-refractivity contribution >= 4 is 0 Å². The second-order valence-electron chi connectivity index (χ2n) is 12.2. The van der Waals surface area contributed by atoms with Gasteiger partial charge in [-0.2, -0.15) is 0 Å². The average molecular weight is 428 g/mol. The zero-order valence-electron chi connectivity index (χ0n) is 23.0. The molecule has 0 amide bonds. The van der Waals surface area contributed by atoms with E-state index >= 15 is 0 Å². The van der Waals surface area contributed by atoms with Gasteiger partial charge in [0, 0.05) is 0 Å². The maximum absolute atomic E-state index is 4.07. The lowest BCUT2D eigenvalue weighted by molar-refractivity contribution is 0.547. The van der Waals surface area contributed by atoms with Gasteiger partial charge < -0.3 is 0 Å². The van der Waals surface area contributed by atoms with Crippen molar-refractivity contribution in [2.45, 2.75) is 133 Å². The van der Waals surface area contributed by atoms with E-state index in [1.807, 2.05) is 0 Å². The Balaban J connectivity index is 3.56. The number of aryl methyl sites for hydroxylation is 2. The highest BCUT2D eigenvalue weighted by Crippen LogP contribution is 2.32. The highest BCUT2D eigenvalue weighted by Gasteiger charge is 2.19. The normalized spacial score (nSPS) is 12.4. The van der Waals surface area contributed by atoms with E-state index in [1.165, 1.54) is 64.2 Å². The van der Waals surface area contributed by atoms with E-state index in [1.54, 1.807) is 27.8 Å². The van der Waals surface area contributed by atoms with Gasteiger partial charge in [-0.1, -0.05) is 69.2 Å². The molecule has 0 aliphatic rings. The van der Waals surface area contributed by atoms with Gasteiger partial charge in [0.05, 0.1) is 0 Å². The molecule has 0 nitrogen and oxygen atoms in total. The highest BCUT2D eigenvalue weighted by molar-refractivity contribution is 5.46. The Bertz CT molecular complexity index is 569. The summed E-state index contributed by atoms with van der Waals surface area (Å²) in [4.78, 5) is 0. The molecule has 0 saturated heterocycles. The molecule has 0 aliphatic heterocycles. The summed E-state index contributed by atoms with van der Waals surface area (Å²) in [7, 11) is 0. The van der Waals surface area contributed by atoms with Crippen LogP contribution in [0.1, 0.15) is 129 Å². The molecule has 0 unspecified atom stereocenters. The van der Waals surface area contributed by atoms with Crippen molar-refractivity contribution in [3.05, 3.63) is 33.9 Å². The zero-order valence-corrected chi connectivity index (χ0v) is 23.0. The smallest absolute Gasteiger partial charge is 0.0108 e. The predicted octanol–water partition coefficient (Wildman–Crippen LogP) is 9.43. The molecule has 0 saturated carbocycles. The first-order valence-corrected chi connectivity index (χ1v) is 13.6. The van der Waals surface area contributed by atoms with Gasteiger partial charge >= 0.3 is 0 Å². The summed E-state index contributed by atoms with van der Waals surface area (Å²) in [5.74, 6) is 3.79. The van der Waals surface area contributed by atoms with Crippen LogP contribution in [0.5, 0.6) is 0 Å². The summed E-state index contributed by atoms with van der Waals surface area (Å²) < 4.78 is 0. The average Bonchev–Trinajstić information content (AvgIpc) is 2.65. The molecular weight excluding hydrogens is 372 g/mol. The predicted molar refractivity (Wildman–Crippen MR) is 141 cm³/mol. The SMILES string of the molecule is CC(C)CCc1[c]c(CCC(C)C)c(CCC(C)C)c(CCC(C)C)c1CCC(C)C. The lowest BCUT2D eigenvalue weighted by atomic mass is 9.80. The Labute approximate surface area is 197 Å². The largest absolute Gasteiger partial charge is 0.0628 e. The first kappa shape index (κ1) is 28.3. The van der Waals surface area contributed by atoms with Crippen LogP contribution in [0.25, 0.3) is 0 Å². The van der Waals surface area contributed by atoms with Gasteiger partial charge in [0.25, 0.3) is 0 Å². The fourth-order valence-corrected chi connectivity index (χ4v) is 4.38. The highest BCUT2D eigenvalue weighted by atomic mass is 14.2. The van der Waals surface area contributed by atoms with Crippen LogP contribution >= 0.6 is 0 Å². The fourth-order valence-electron chi connectivity index (χ4n) is 4.38. The Morgan fingerprint density at radius 3 is 0.935 bits per heavy atom. The van der Waals surface area contributed by atoms with Crippen LogP contribution in [-0.4, -0.2) is 0 Å². The quantitative estimate of drug-likeness (QED) is 0.261. The molecule has 0 aliphatic carbocycles. The van der Waals surface area contributed by atoms with Gasteiger partial charge in [-0.15, -0.1) is 0 Å². The minimum Gasteiger partial charge on any atom is -0.0628 e. The molecule has 179 valence electrons. The maximum atomic E-state index is 4.07. The van der Waals surface area contributed by atoms with Crippen molar-refractivity contribution in [1.29, 1.82) is 0 Å². The summed E-state index contributed by atoms with van der Waals surface area (Å²) in [5, 5.41) is 0. The van der Waals surface area contributed by atoms with Crippen molar-refractivity contribution in [1.82, 2.24) is 0 Å². The molecular formula is C31H55. The van der Waals surface area contributed by atoms with Crippen molar-refractivity contribution in [2.24, 2.45) is 29.6 Å². The molecule has 1 radical (unpaired) electrons. The van der Waals surface area contributed by atoms with Gasteiger partial charge in [-0.25, -0.2) is 0 Å². The topological polar surface area (TPSA) is 0 Å². The van der Waals surface area contributed by atoms with Gasteiger partial charge in [0.1, 0.15) is 0 Å². The molecule has 0 spiro atoms. The number of hydrogen-bond acceptors (Lipinski definition) is 0. The third kappa shape index (κ3) is 11.1. The first-order chi connectivity index (χ1) is 14.5. The second-order valence-corrected chi connectivity index (χ2v) is 12.2. The minimum absolute atomic E-state index is 0.755. The van der Waals surface area contributed by atoms with E-state index in [9.17, 15) is 0 Å². The number of rotatable bonds is 15. The number of hydrogen-bond donors (Lipinski definition) is 0. The Morgan fingerprint density at radius 1 is 0.387 bits per heavy atom. The standard InChI is InChI=1S/C31H55/c1-22(2)11-16-27-21-28(17-12-23(3)4)30(19-14-25(7)8)31(20-15-26(9)10)29(27)18-13-24(5)6/h22-26H,11-20H2,1-10H3. The number of benzene rings is 1. The minimum atomic E-state index is 0.755. The van der Waals surface area contributed by atoms with E-state index < -0.39 is 0 Å². The third-order valence-electron chi connectivity index (χ3n) is 6.62. The zero-order chi connectivity index (χ0) is 23.6. The molecule has 31 heavy (non-hydrogen) atoms. The lowest BCUT2D eigenvalue weighted by Crippen LogP contribution is -2.13. The van der Waals surface area contributed by atoms with Crippen LogP contribution in [0.4, 0.5) is 0 Å². The molecule has 0 heteroatoms. The van der Waals surface area contributed by atoms with Gasteiger partial charge in [-0.3, -0.25) is 0 Å². The fraction of sp³-hybridized carbons (Fsp3) is 0.806. The third-order valence-corrected chi connectivity index (χ3v) is 6.62.